The summed E-state index contributed by atoms with van der Waals surface area (Å²) >= 11 is 0. The molecule has 0 bridgehead atoms. The molecule has 0 radical (unpaired) electrons. The molecule has 6 nitrogen and oxygen atoms in total. The predicted molar refractivity (Wildman–Crippen MR) is 57.0 cm³/mol. The van der Waals surface area contributed by atoms with Gasteiger partial charge in [0.05, 0.1) is 0 Å². The number of hydrogen-bond donors (Lipinski definition) is 1. The van der Waals surface area contributed by atoms with E-state index in [0.29, 0.717) is 0 Å². The Kier molecular flexibility index (Phi) is 2.99. The molecule has 0 aliphatic carbocycles. The fourth-order valence-electron chi connectivity index (χ4n) is 1.16. The van der Waals surface area contributed by atoms with Crippen molar-refractivity contribution >= 4 is 11.9 Å². The van der Waals surface area contributed by atoms with Crippen LogP contribution in [0.3, 0.4) is 0 Å². The van der Waals surface area contributed by atoms with Gasteiger partial charge in [0.25, 0.3) is 5.91 Å². The van der Waals surface area contributed by atoms with Gasteiger partial charge in [0.1, 0.15) is 17.9 Å². The van der Waals surface area contributed by atoms with Crippen LogP contribution in [0.1, 0.15) is 4.79 Å². The summed E-state index contributed by atoms with van der Waals surface area (Å²) in [5, 5.41) is 3.62. The summed E-state index contributed by atoms with van der Waals surface area (Å²) in [4.78, 5) is 15.1. The summed E-state index contributed by atoms with van der Waals surface area (Å²) in [6.45, 7) is -0.272. The van der Waals surface area contributed by atoms with Crippen LogP contribution in [0.5, 0.6) is 5.75 Å². The number of anilines is 1. The molecule has 2 rings (SSSR count). The van der Waals surface area contributed by atoms with Crippen LogP contribution in [0.4, 0.5) is 10.3 Å². The van der Waals surface area contributed by atoms with Gasteiger partial charge >= 0.3 is 0 Å². The van der Waals surface area contributed by atoms with Crippen LogP contribution in [0, 0.1) is 5.82 Å². The van der Waals surface area contributed by atoms with Crippen molar-refractivity contribution < 1.29 is 13.9 Å². The van der Waals surface area contributed by atoms with E-state index in [4.69, 9.17) is 10.5 Å². The largest absolute Gasteiger partial charge is 0.484 e. The Morgan fingerprint density at radius 1 is 1.53 bits per heavy atom. The zero-order chi connectivity index (χ0) is 12.3. The molecule has 1 heterocycles. The molecule has 2 N–H and O–H groups in total. The molecule has 17 heavy (non-hydrogen) atoms. The van der Waals surface area contributed by atoms with E-state index in [2.05, 4.69) is 10.1 Å². The first-order valence-corrected chi connectivity index (χ1v) is 4.74. The van der Waals surface area contributed by atoms with Crippen LogP contribution in [-0.2, 0) is 0 Å². The molecule has 0 saturated heterocycles. The molecule has 0 spiro atoms. The highest BCUT2D eigenvalue weighted by molar-refractivity contribution is 5.79. The van der Waals surface area contributed by atoms with E-state index in [1.54, 1.807) is 6.07 Å². The normalized spacial score (nSPS) is 10.2. The van der Waals surface area contributed by atoms with E-state index < -0.39 is 11.7 Å². The molecular weight excluding hydrogens is 227 g/mol. The minimum atomic E-state index is -0.446. The first kappa shape index (κ1) is 11.1. The van der Waals surface area contributed by atoms with Gasteiger partial charge in [-0.25, -0.2) is 9.37 Å². The summed E-state index contributed by atoms with van der Waals surface area (Å²) in [6, 6.07) is 5.50. The molecule has 88 valence electrons. The molecule has 0 aliphatic heterocycles. The van der Waals surface area contributed by atoms with Gasteiger partial charge in [-0.1, -0.05) is 6.07 Å². The van der Waals surface area contributed by atoms with E-state index in [1.165, 1.54) is 24.5 Å². The summed E-state index contributed by atoms with van der Waals surface area (Å²) in [5.41, 5.74) is 5.26. The number of nitrogens with two attached hydrogens (primary N) is 1. The Hall–Kier alpha value is -2.44. The van der Waals surface area contributed by atoms with Gasteiger partial charge in [-0.15, -0.1) is 5.10 Å². The zero-order valence-electron chi connectivity index (χ0n) is 8.71. The maximum atomic E-state index is 12.8. The lowest BCUT2D eigenvalue weighted by Crippen LogP contribution is -2.19. The van der Waals surface area contributed by atoms with Gasteiger partial charge in [0.15, 0.2) is 6.61 Å². The Labute approximate surface area is 95.8 Å². The van der Waals surface area contributed by atoms with E-state index >= 15 is 0 Å². The van der Waals surface area contributed by atoms with Crippen LogP contribution < -0.4 is 10.5 Å². The number of hydrogen-bond acceptors (Lipinski definition) is 5. The van der Waals surface area contributed by atoms with E-state index in [-0.39, 0.29) is 18.3 Å². The maximum absolute atomic E-state index is 12.8. The van der Waals surface area contributed by atoms with Crippen LogP contribution in [0.2, 0.25) is 0 Å². The Morgan fingerprint density at radius 2 is 2.35 bits per heavy atom. The van der Waals surface area contributed by atoms with Crippen LogP contribution in [-0.4, -0.2) is 27.3 Å². The fraction of sp³-hybridized carbons (Fsp3) is 0.100. The molecule has 0 amide bonds. The topological polar surface area (TPSA) is 83.0 Å². The third-order valence-corrected chi connectivity index (χ3v) is 1.92. The number of benzene rings is 1. The minimum Gasteiger partial charge on any atom is -0.484 e. The predicted octanol–water partition coefficient (Wildman–Crippen LogP) is 0.719. The highest BCUT2D eigenvalue weighted by Crippen LogP contribution is 2.11. The van der Waals surface area contributed by atoms with Crippen molar-refractivity contribution in [2.75, 3.05) is 12.3 Å². The Bertz CT molecular complexity index is 541. The highest BCUT2D eigenvalue weighted by Gasteiger charge is 2.08. The molecule has 2 aromatic rings. The number of ether oxygens (including phenoxy) is 1. The summed E-state index contributed by atoms with van der Waals surface area (Å²) in [5.74, 6) is -0.603. The lowest BCUT2D eigenvalue weighted by atomic mass is 10.3. The SMILES string of the molecule is Nc1ncn(C(=O)COc2cccc(F)c2)n1. The maximum Gasteiger partial charge on any atom is 0.286 e. The number of nitrogen functional groups attached to an aromatic ring is 1. The molecule has 0 fully saturated rings. The molecule has 0 atom stereocenters. The van der Waals surface area contributed by atoms with Crippen molar-refractivity contribution in [1.29, 1.82) is 0 Å². The minimum absolute atomic E-state index is 0.00380. The number of halogens is 1. The first-order valence-electron chi connectivity index (χ1n) is 4.74. The smallest absolute Gasteiger partial charge is 0.286 e. The van der Waals surface area contributed by atoms with Gasteiger partial charge in [-0.05, 0) is 12.1 Å². The van der Waals surface area contributed by atoms with E-state index in [9.17, 15) is 9.18 Å². The molecule has 0 saturated carbocycles. The number of carbonyl (C=O) groups excluding carboxylic acids is 1. The highest BCUT2D eigenvalue weighted by atomic mass is 19.1. The van der Waals surface area contributed by atoms with Crippen molar-refractivity contribution in [3.05, 3.63) is 36.4 Å². The molecule has 0 unspecified atom stereocenters. The van der Waals surface area contributed by atoms with Crippen LogP contribution >= 0.6 is 0 Å². The third kappa shape index (κ3) is 2.77. The van der Waals surface area contributed by atoms with Crippen molar-refractivity contribution in [2.45, 2.75) is 0 Å². The van der Waals surface area contributed by atoms with Gasteiger partial charge < -0.3 is 10.5 Å². The lowest BCUT2D eigenvalue weighted by Gasteiger charge is -2.04. The van der Waals surface area contributed by atoms with Crippen molar-refractivity contribution in [3.63, 3.8) is 0 Å². The van der Waals surface area contributed by atoms with E-state index in [1.807, 2.05) is 0 Å². The number of carbonyl (C=O) groups is 1. The Morgan fingerprint density at radius 3 is 3.00 bits per heavy atom. The van der Waals surface area contributed by atoms with Crippen LogP contribution in [0.25, 0.3) is 0 Å². The van der Waals surface area contributed by atoms with E-state index in [0.717, 1.165) is 4.68 Å². The third-order valence-electron chi connectivity index (χ3n) is 1.92. The molecule has 1 aromatic heterocycles. The fourth-order valence-corrected chi connectivity index (χ4v) is 1.16. The van der Waals surface area contributed by atoms with Crippen molar-refractivity contribution in [3.8, 4) is 5.75 Å². The lowest BCUT2D eigenvalue weighted by molar-refractivity contribution is 0.0820. The quantitative estimate of drug-likeness (QED) is 0.848. The second-order valence-electron chi connectivity index (χ2n) is 3.19. The van der Waals surface area contributed by atoms with Gasteiger partial charge in [0, 0.05) is 6.07 Å². The van der Waals surface area contributed by atoms with Gasteiger partial charge in [-0.2, -0.15) is 4.68 Å². The average molecular weight is 236 g/mol. The monoisotopic (exact) mass is 236 g/mol. The molecule has 1 aromatic carbocycles. The summed E-state index contributed by atoms with van der Waals surface area (Å²) in [7, 11) is 0. The number of aromatic nitrogens is 3. The number of rotatable bonds is 3. The number of nitrogens with zero attached hydrogens (tertiary/aromatic N) is 3. The van der Waals surface area contributed by atoms with Crippen molar-refractivity contribution in [2.24, 2.45) is 0 Å². The summed E-state index contributed by atoms with van der Waals surface area (Å²) in [6.07, 6.45) is 1.19. The second kappa shape index (κ2) is 4.60. The molecule has 0 aliphatic rings. The van der Waals surface area contributed by atoms with Crippen molar-refractivity contribution in [1.82, 2.24) is 14.8 Å². The van der Waals surface area contributed by atoms with Crippen LogP contribution in [0.15, 0.2) is 30.6 Å². The zero-order valence-corrected chi connectivity index (χ0v) is 8.71. The molecular formula is C10H9FN4O2. The average Bonchev–Trinajstić information content (AvgIpc) is 2.73. The molecule has 7 heteroatoms. The van der Waals surface area contributed by atoms with Gasteiger partial charge in [-0.3, -0.25) is 4.79 Å². The van der Waals surface area contributed by atoms with Gasteiger partial charge in [0.2, 0.25) is 5.95 Å². The first-order chi connectivity index (χ1) is 8.15. The Balaban J connectivity index is 1.97. The summed E-state index contributed by atoms with van der Waals surface area (Å²) < 4.78 is 18.9. The second-order valence-corrected chi connectivity index (χ2v) is 3.19. The standard InChI is InChI=1S/C10H9FN4O2/c11-7-2-1-3-8(4-7)17-5-9(16)15-6-13-10(12)14-15/h1-4,6H,5H2,(H2,12,14).